The number of hydrogen-bond acceptors (Lipinski definition) is 3. The van der Waals surface area contributed by atoms with E-state index in [1.54, 1.807) is 18.0 Å². The van der Waals surface area contributed by atoms with Crippen LogP contribution in [0.15, 0.2) is 64.2 Å². The number of aryl methyl sites for hydroxylation is 1. The van der Waals surface area contributed by atoms with Crippen molar-refractivity contribution in [1.82, 2.24) is 5.43 Å². The van der Waals surface area contributed by atoms with Crippen molar-refractivity contribution < 1.29 is 4.79 Å². The molecule has 2 rings (SSSR count). The standard InChI is InChI=1S/C17H17BrN2OS/c18-16-8-6-15(7-9-16)12-19-20-17(21)13-22-11-10-14-4-2-1-3-5-14/h1-9,12H,10-11,13H2,(H,20,21)/b19-12-. The number of thioether (sulfide) groups is 1. The third kappa shape index (κ3) is 6.45. The molecule has 0 saturated heterocycles. The molecule has 0 unspecified atom stereocenters. The van der Waals surface area contributed by atoms with Gasteiger partial charge in [0.2, 0.25) is 5.91 Å². The van der Waals surface area contributed by atoms with Crippen molar-refractivity contribution in [2.24, 2.45) is 5.10 Å². The first-order valence-electron chi connectivity index (χ1n) is 6.93. The van der Waals surface area contributed by atoms with Crippen LogP contribution in [-0.2, 0) is 11.2 Å². The lowest BCUT2D eigenvalue weighted by Crippen LogP contribution is -2.20. The third-order valence-corrected chi connectivity index (χ3v) is 4.37. The minimum absolute atomic E-state index is 0.0774. The molecule has 22 heavy (non-hydrogen) atoms. The smallest absolute Gasteiger partial charge is 0.250 e. The minimum atomic E-state index is -0.0774. The summed E-state index contributed by atoms with van der Waals surface area (Å²) in [6.07, 6.45) is 2.61. The van der Waals surface area contributed by atoms with Crippen LogP contribution in [0.1, 0.15) is 11.1 Å². The lowest BCUT2D eigenvalue weighted by atomic mass is 10.2. The Hall–Kier alpha value is -1.59. The van der Waals surface area contributed by atoms with Crippen LogP contribution in [0.5, 0.6) is 0 Å². The molecular formula is C17H17BrN2OS. The van der Waals surface area contributed by atoms with E-state index >= 15 is 0 Å². The highest BCUT2D eigenvalue weighted by Crippen LogP contribution is 2.09. The van der Waals surface area contributed by atoms with Gasteiger partial charge in [-0.3, -0.25) is 4.79 Å². The Balaban J connectivity index is 1.62. The van der Waals surface area contributed by atoms with Crippen molar-refractivity contribution in [3.05, 3.63) is 70.2 Å². The molecule has 2 aromatic carbocycles. The van der Waals surface area contributed by atoms with Crippen molar-refractivity contribution in [1.29, 1.82) is 0 Å². The number of carbonyl (C=O) groups excluding carboxylic acids is 1. The van der Waals surface area contributed by atoms with Gasteiger partial charge in [0.1, 0.15) is 0 Å². The number of benzene rings is 2. The van der Waals surface area contributed by atoms with Crippen molar-refractivity contribution in [2.75, 3.05) is 11.5 Å². The maximum atomic E-state index is 11.6. The van der Waals surface area contributed by atoms with Gasteiger partial charge < -0.3 is 0 Å². The molecule has 0 saturated carbocycles. The second-order valence-corrected chi connectivity index (χ2v) is 6.65. The second-order valence-electron chi connectivity index (χ2n) is 4.63. The molecule has 0 fully saturated rings. The zero-order valence-corrected chi connectivity index (χ0v) is 14.4. The Kier molecular flexibility index (Phi) is 7.19. The fourth-order valence-electron chi connectivity index (χ4n) is 1.76. The van der Waals surface area contributed by atoms with Gasteiger partial charge in [-0.25, -0.2) is 5.43 Å². The Morgan fingerprint density at radius 3 is 2.59 bits per heavy atom. The molecule has 5 heteroatoms. The number of nitrogens with one attached hydrogen (secondary N) is 1. The number of amides is 1. The van der Waals surface area contributed by atoms with Gasteiger partial charge in [-0.2, -0.15) is 16.9 Å². The summed E-state index contributed by atoms with van der Waals surface area (Å²) < 4.78 is 1.02. The maximum Gasteiger partial charge on any atom is 0.250 e. The molecule has 0 atom stereocenters. The lowest BCUT2D eigenvalue weighted by molar-refractivity contribution is -0.118. The van der Waals surface area contributed by atoms with Crippen LogP contribution in [0.4, 0.5) is 0 Å². The van der Waals surface area contributed by atoms with Crippen LogP contribution in [0, 0.1) is 0 Å². The number of hydrazone groups is 1. The second kappa shape index (κ2) is 9.43. The fourth-order valence-corrected chi connectivity index (χ4v) is 2.80. The predicted octanol–water partition coefficient (Wildman–Crippen LogP) is 3.88. The van der Waals surface area contributed by atoms with Gasteiger partial charge in [0.15, 0.2) is 0 Å². The molecule has 1 amide bonds. The van der Waals surface area contributed by atoms with Gasteiger partial charge >= 0.3 is 0 Å². The molecule has 0 aliphatic heterocycles. The van der Waals surface area contributed by atoms with E-state index in [2.05, 4.69) is 38.6 Å². The van der Waals surface area contributed by atoms with Gasteiger partial charge in [-0.1, -0.05) is 58.4 Å². The summed E-state index contributed by atoms with van der Waals surface area (Å²) >= 11 is 4.98. The first-order chi connectivity index (χ1) is 10.7. The summed E-state index contributed by atoms with van der Waals surface area (Å²) in [5, 5.41) is 3.95. The van der Waals surface area contributed by atoms with E-state index in [1.807, 2.05) is 42.5 Å². The largest absolute Gasteiger partial charge is 0.272 e. The quantitative estimate of drug-likeness (QED) is 0.452. The Bertz CT molecular complexity index is 614. The molecule has 3 nitrogen and oxygen atoms in total. The molecular weight excluding hydrogens is 360 g/mol. The normalized spacial score (nSPS) is 10.8. The summed E-state index contributed by atoms with van der Waals surface area (Å²) in [7, 11) is 0. The van der Waals surface area contributed by atoms with Crippen molar-refractivity contribution in [2.45, 2.75) is 6.42 Å². The van der Waals surface area contributed by atoms with Crippen LogP contribution in [0.2, 0.25) is 0 Å². The van der Waals surface area contributed by atoms with Crippen LogP contribution in [0.3, 0.4) is 0 Å². The molecule has 0 aromatic heterocycles. The zero-order chi connectivity index (χ0) is 15.6. The monoisotopic (exact) mass is 376 g/mol. The Morgan fingerprint density at radius 1 is 1.14 bits per heavy atom. The Labute approximate surface area is 143 Å². The predicted molar refractivity (Wildman–Crippen MR) is 97.3 cm³/mol. The average molecular weight is 377 g/mol. The van der Waals surface area contributed by atoms with E-state index in [0.717, 1.165) is 22.2 Å². The fraction of sp³-hybridized carbons (Fsp3) is 0.176. The molecule has 114 valence electrons. The van der Waals surface area contributed by atoms with Crippen LogP contribution < -0.4 is 5.43 Å². The van der Waals surface area contributed by atoms with E-state index < -0.39 is 0 Å². The Morgan fingerprint density at radius 2 is 1.86 bits per heavy atom. The van der Waals surface area contributed by atoms with Gasteiger partial charge in [-0.15, -0.1) is 0 Å². The molecule has 2 aromatic rings. The topological polar surface area (TPSA) is 41.5 Å². The number of rotatable bonds is 7. The number of halogens is 1. The minimum Gasteiger partial charge on any atom is -0.272 e. The molecule has 0 aliphatic carbocycles. The molecule has 0 bridgehead atoms. The molecule has 0 heterocycles. The van der Waals surface area contributed by atoms with Crippen LogP contribution >= 0.6 is 27.7 Å². The maximum absolute atomic E-state index is 11.6. The summed E-state index contributed by atoms with van der Waals surface area (Å²) in [5.41, 5.74) is 4.78. The molecule has 0 spiro atoms. The highest BCUT2D eigenvalue weighted by Gasteiger charge is 2.00. The van der Waals surface area contributed by atoms with Crippen molar-refractivity contribution >= 4 is 39.8 Å². The van der Waals surface area contributed by atoms with E-state index in [0.29, 0.717) is 5.75 Å². The summed E-state index contributed by atoms with van der Waals surface area (Å²) in [4.78, 5) is 11.6. The highest BCUT2D eigenvalue weighted by atomic mass is 79.9. The van der Waals surface area contributed by atoms with E-state index in [9.17, 15) is 4.79 Å². The first-order valence-corrected chi connectivity index (χ1v) is 8.88. The highest BCUT2D eigenvalue weighted by molar-refractivity contribution is 9.10. The SMILES string of the molecule is O=C(CSCCc1ccccc1)N/N=C\c1ccc(Br)cc1. The first kappa shape index (κ1) is 16.8. The third-order valence-electron chi connectivity index (χ3n) is 2.88. The van der Waals surface area contributed by atoms with Crippen molar-refractivity contribution in [3.63, 3.8) is 0 Å². The number of carbonyl (C=O) groups is 1. The molecule has 0 radical (unpaired) electrons. The van der Waals surface area contributed by atoms with E-state index in [4.69, 9.17) is 0 Å². The molecule has 1 N–H and O–H groups in total. The van der Waals surface area contributed by atoms with Gasteiger partial charge in [-0.05, 0) is 35.4 Å². The van der Waals surface area contributed by atoms with Crippen molar-refractivity contribution in [3.8, 4) is 0 Å². The average Bonchev–Trinajstić information content (AvgIpc) is 2.54. The summed E-state index contributed by atoms with van der Waals surface area (Å²) in [6, 6.07) is 18.0. The van der Waals surface area contributed by atoms with Gasteiger partial charge in [0.25, 0.3) is 0 Å². The lowest BCUT2D eigenvalue weighted by Gasteiger charge is -2.01. The van der Waals surface area contributed by atoms with Crippen LogP contribution in [-0.4, -0.2) is 23.6 Å². The number of nitrogens with zero attached hydrogens (tertiary/aromatic N) is 1. The molecule has 0 aliphatic rings. The zero-order valence-electron chi connectivity index (χ0n) is 12.0. The van der Waals surface area contributed by atoms with Gasteiger partial charge in [0, 0.05) is 4.47 Å². The van der Waals surface area contributed by atoms with Gasteiger partial charge in [0.05, 0.1) is 12.0 Å². The van der Waals surface area contributed by atoms with E-state index in [-0.39, 0.29) is 5.91 Å². The van der Waals surface area contributed by atoms with E-state index in [1.165, 1.54) is 5.56 Å². The van der Waals surface area contributed by atoms with Crippen LogP contribution in [0.25, 0.3) is 0 Å². The number of hydrogen-bond donors (Lipinski definition) is 1. The summed E-state index contributed by atoms with van der Waals surface area (Å²) in [5.74, 6) is 1.27. The summed E-state index contributed by atoms with van der Waals surface area (Å²) in [6.45, 7) is 0.